The molecule has 1 aromatic carbocycles. The Morgan fingerprint density at radius 3 is 2.56 bits per heavy atom. The minimum absolute atomic E-state index is 0.599. The van der Waals surface area contributed by atoms with Crippen LogP contribution in [-0.2, 0) is 0 Å². The third kappa shape index (κ3) is 2.82. The Labute approximate surface area is 113 Å². The van der Waals surface area contributed by atoms with Crippen LogP contribution in [0.25, 0.3) is 11.1 Å². The van der Waals surface area contributed by atoms with Crippen LogP contribution in [0, 0.1) is 0 Å². The van der Waals surface area contributed by atoms with Gasteiger partial charge < -0.3 is 5.32 Å². The minimum atomic E-state index is 0.599. The van der Waals surface area contributed by atoms with Gasteiger partial charge in [-0.3, -0.25) is 0 Å². The molecule has 1 unspecified atom stereocenters. The van der Waals surface area contributed by atoms with Crippen molar-refractivity contribution in [2.45, 2.75) is 31.7 Å². The quantitative estimate of drug-likeness (QED) is 0.843. The molecule has 0 amide bonds. The smallest absolute Gasteiger partial charge is 0.00684 e. The highest BCUT2D eigenvalue weighted by atomic mass is 32.1. The molecule has 94 valence electrons. The predicted octanol–water partition coefficient (Wildman–Crippen LogP) is 4.27. The Hall–Kier alpha value is -1.12. The van der Waals surface area contributed by atoms with Gasteiger partial charge in [-0.05, 0) is 52.3 Å². The van der Waals surface area contributed by atoms with Crippen LogP contribution in [0.4, 0.5) is 0 Å². The fourth-order valence-corrected chi connectivity index (χ4v) is 2.85. The molecule has 1 N–H and O–H groups in total. The molecular formula is C16H19NS. The molecule has 0 saturated heterocycles. The number of rotatable bonds is 5. The lowest BCUT2D eigenvalue weighted by Gasteiger charge is -2.13. The first-order chi connectivity index (χ1) is 8.83. The molecule has 1 aliphatic carbocycles. The molecule has 1 aromatic heterocycles. The zero-order valence-electron chi connectivity index (χ0n) is 10.7. The molecule has 1 atom stereocenters. The summed E-state index contributed by atoms with van der Waals surface area (Å²) in [5.41, 5.74) is 4.08. The van der Waals surface area contributed by atoms with Crippen LogP contribution in [0.2, 0.25) is 0 Å². The Bertz CT molecular complexity index is 482. The van der Waals surface area contributed by atoms with E-state index in [0.717, 1.165) is 12.6 Å². The van der Waals surface area contributed by atoms with Gasteiger partial charge in [-0.1, -0.05) is 31.2 Å². The Kier molecular flexibility index (Phi) is 3.48. The lowest BCUT2D eigenvalue weighted by Crippen LogP contribution is -2.21. The second-order valence-electron chi connectivity index (χ2n) is 5.22. The maximum absolute atomic E-state index is 3.60. The van der Waals surface area contributed by atoms with Gasteiger partial charge in [-0.25, -0.2) is 0 Å². The van der Waals surface area contributed by atoms with Crippen LogP contribution in [0.5, 0.6) is 0 Å². The van der Waals surface area contributed by atoms with Crippen molar-refractivity contribution in [1.82, 2.24) is 5.32 Å². The van der Waals surface area contributed by atoms with E-state index in [9.17, 15) is 0 Å². The van der Waals surface area contributed by atoms with Crippen molar-refractivity contribution in [3.63, 3.8) is 0 Å². The van der Waals surface area contributed by atoms with Crippen LogP contribution in [-0.4, -0.2) is 12.6 Å². The first kappa shape index (κ1) is 11.9. The average Bonchev–Trinajstić information content (AvgIpc) is 3.08. The molecule has 0 spiro atoms. The summed E-state index contributed by atoms with van der Waals surface area (Å²) in [7, 11) is 0. The highest BCUT2D eigenvalue weighted by molar-refractivity contribution is 7.08. The van der Waals surface area contributed by atoms with E-state index in [1.165, 1.54) is 29.5 Å². The standard InChI is InChI=1S/C16H19NS/c1-12(10-17-16-6-7-16)13-2-4-14(5-3-13)15-8-9-18-11-15/h2-5,8-9,11-12,16-17H,6-7,10H2,1H3. The molecular weight excluding hydrogens is 238 g/mol. The van der Waals surface area contributed by atoms with Crippen LogP contribution in [0.1, 0.15) is 31.2 Å². The van der Waals surface area contributed by atoms with Crippen LogP contribution >= 0.6 is 11.3 Å². The molecule has 2 aromatic rings. The van der Waals surface area contributed by atoms with Crippen molar-refractivity contribution in [3.05, 3.63) is 46.7 Å². The number of nitrogens with one attached hydrogen (secondary N) is 1. The summed E-state index contributed by atoms with van der Waals surface area (Å²) < 4.78 is 0. The van der Waals surface area contributed by atoms with Gasteiger partial charge in [0.15, 0.2) is 0 Å². The van der Waals surface area contributed by atoms with E-state index in [0.29, 0.717) is 5.92 Å². The van der Waals surface area contributed by atoms with Gasteiger partial charge >= 0.3 is 0 Å². The van der Waals surface area contributed by atoms with Gasteiger partial charge in [0.1, 0.15) is 0 Å². The lowest BCUT2D eigenvalue weighted by molar-refractivity contribution is 0.612. The Balaban J connectivity index is 1.66. The van der Waals surface area contributed by atoms with Gasteiger partial charge in [0.2, 0.25) is 0 Å². The average molecular weight is 257 g/mol. The molecule has 1 fully saturated rings. The minimum Gasteiger partial charge on any atom is -0.313 e. The van der Waals surface area contributed by atoms with Crippen molar-refractivity contribution in [1.29, 1.82) is 0 Å². The van der Waals surface area contributed by atoms with E-state index in [1.807, 2.05) is 0 Å². The maximum atomic E-state index is 3.60. The number of hydrogen-bond acceptors (Lipinski definition) is 2. The third-order valence-electron chi connectivity index (χ3n) is 3.62. The van der Waals surface area contributed by atoms with Crippen molar-refractivity contribution < 1.29 is 0 Å². The van der Waals surface area contributed by atoms with Crippen LogP contribution < -0.4 is 5.32 Å². The van der Waals surface area contributed by atoms with Gasteiger partial charge in [0.05, 0.1) is 0 Å². The van der Waals surface area contributed by atoms with E-state index in [-0.39, 0.29) is 0 Å². The summed E-state index contributed by atoms with van der Waals surface area (Å²) in [6.07, 6.45) is 2.73. The first-order valence-corrected chi connectivity index (χ1v) is 7.63. The molecule has 18 heavy (non-hydrogen) atoms. The lowest BCUT2D eigenvalue weighted by atomic mass is 9.98. The zero-order chi connectivity index (χ0) is 12.4. The van der Waals surface area contributed by atoms with Crippen molar-refractivity contribution in [3.8, 4) is 11.1 Å². The second kappa shape index (κ2) is 5.25. The SMILES string of the molecule is CC(CNC1CC1)c1ccc(-c2ccsc2)cc1. The van der Waals surface area contributed by atoms with E-state index in [4.69, 9.17) is 0 Å². The monoisotopic (exact) mass is 257 g/mol. The summed E-state index contributed by atoms with van der Waals surface area (Å²) in [4.78, 5) is 0. The Morgan fingerprint density at radius 2 is 1.94 bits per heavy atom. The topological polar surface area (TPSA) is 12.0 Å². The van der Waals surface area contributed by atoms with Crippen LogP contribution in [0.3, 0.4) is 0 Å². The zero-order valence-corrected chi connectivity index (χ0v) is 11.5. The van der Waals surface area contributed by atoms with Crippen molar-refractivity contribution in [2.75, 3.05) is 6.54 Å². The molecule has 1 aliphatic rings. The fraction of sp³-hybridized carbons (Fsp3) is 0.375. The molecule has 0 radical (unpaired) electrons. The predicted molar refractivity (Wildman–Crippen MR) is 79.2 cm³/mol. The van der Waals surface area contributed by atoms with Gasteiger partial charge in [0.25, 0.3) is 0 Å². The molecule has 1 nitrogen and oxygen atoms in total. The van der Waals surface area contributed by atoms with E-state index in [2.05, 4.69) is 53.3 Å². The summed E-state index contributed by atoms with van der Waals surface area (Å²) in [5.74, 6) is 0.599. The van der Waals surface area contributed by atoms with Crippen molar-refractivity contribution >= 4 is 11.3 Å². The molecule has 0 bridgehead atoms. The third-order valence-corrected chi connectivity index (χ3v) is 4.31. The van der Waals surface area contributed by atoms with Crippen LogP contribution in [0.15, 0.2) is 41.1 Å². The van der Waals surface area contributed by atoms with Gasteiger partial charge in [-0.15, -0.1) is 0 Å². The summed E-state index contributed by atoms with van der Waals surface area (Å²) in [5, 5.41) is 7.93. The van der Waals surface area contributed by atoms with Gasteiger partial charge in [-0.2, -0.15) is 11.3 Å². The van der Waals surface area contributed by atoms with E-state index >= 15 is 0 Å². The number of hydrogen-bond donors (Lipinski definition) is 1. The molecule has 1 heterocycles. The van der Waals surface area contributed by atoms with E-state index < -0.39 is 0 Å². The molecule has 3 rings (SSSR count). The molecule has 0 aliphatic heterocycles. The highest BCUT2D eigenvalue weighted by Gasteiger charge is 2.21. The van der Waals surface area contributed by atoms with Crippen molar-refractivity contribution in [2.24, 2.45) is 0 Å². The number of benzene rings is 1. The summed E-state index contributed by atoms with van der Waals surface area (Å²) >= 11 is 1.75. The molecule has 2 heteroatoms. The van der Waals surface area contributed by atoms with E-state index in [1.54, 1.807) is 11.3 Å². The number of thiophene rings is 1. The maximum Gasteiger partial charge on any atom is 0.00684 e. The molecule has 1 saturated carbocycles. The summed E-state index contributed by atoms with van der Waals surface area (Å²) in [6.45, 7) is 3.40. The van der Waals surface area contributed by atoms with Gasteiger partial charge in [0, 0.05) is 12.6 Å². The largest absolute Gasteiger partial charge is 0.313 e. The fourth-order valence-electron chi connectivity index (χ4n) is 2.18. The normalized spacial score (nSPS) is 16.7. The second-order valence-corrected chi connectivity index (χ2v) is 6.00. The highest BCUT2D eigenvalue weighted by Crippen LogP contribution is 2.25. The first-order valence-electron chi connectivity index (χ1n) is 6.69. The summed E-state index contributed by atoms with van der Waals surface area (Å²) in [6, 6.07) is 12.0. The Morgan fingerprint density at radius 1 is 1.17 bits per heavy atom.